The summed E-state index contributed by atoms with van der Waals surface area (Å²) in [6.45, 7) is 7.94. The maximum atomic E-state index is 9.21. The van der Waals surface area contributed by atoms with Gasteiger partial charge in [-0.15, -0.1) is 0 Å². The fourth-order valence-electron chi connectivity index (χ4n) is 2.24. The maximum Gasteiger partial charge on any atom is 0.223 e. The van der Waals surface area contributed by atoms with E-state index in [0.717, 1.165) is 6.54 Å². The van der Waals surface area contributed by atoms with Crippen LogP contribution in [-0.4, -0.2) is 51.5 Å². The Bertz CT molecular complexity index is 378. The van der Waals surface area contributed by atoms with Gasteiger partial charge in [0.05, 0.1) is 24.9 Å². The molecule has 0 amide bonds. The molecule has 1 saturated heterocycles. The number of aliphatic hydroxyl groups is 1. The van der Waals surface area contributed by atoms with Gasteiger partial charge in [-0.3, -0.25) is 4.90 Å². The van der Waals surface area contributed by atoms with E-state index in [4.69, 9.17) is 9.26 Å². The maximum absolute atomic E-state index is 9.21. The molecule has 0 spiro atoms. The third kappa shape index (κ3) is 3.24. The standard InChI is InChI=1S/C11H19N3O3/c1-8-12-10(13-17-8)5-14-4-9(6-15)16-11(2,3)7-14/h9,15H,4-7H2,1-3H3. The molecule has 0 aromatic carbocycles. The van der Waals surface area contributed by atoms with Crippen molar-refractivity contribution in [2.45, 2.75) is 39.0 Å². The lowest BCUT2D eigenvalue weighted by Crippen LogP contribution is -2.53. The highest BCUT2D eigenvalue weighted by Gasteiger charge is 2.33. The average molecular weight is 241 g/mol. The van der Waals surface area contributed by atoms with Gasteiger partial charge in [-0.05, 0) is 13.8 Å². The Hall–Kier alpha value is -0.980. The number of nitrogens with zero attached hydrogens (tertiary/aromatic N) is 3. The van der Waals surface area contributed by atoms with E-state index < -0.39 is 0 Å². The van der Waals surface area contributed by atoms with Gasteiger partial charge >= 0.3 is 0 Å². The van der Waals surface area contributed by atoms with Gasteiger partial charge in [0.1, 0.15) is 0 Å². The Morgan fingerprint density at radius 3 is 2.88 bits per heavy atom. The highest BCUT2D eigenvalue weighted by molar-refractivity contribution is 4.89. The lowest BCUT2D eigenvalue weighted by Gasteiger charge is -2.41. The molecule has 0 bridgehead atoms. The summed E-state index contributed by atoms with van der Waals surface area (Å²) in [5, 5.41) is 13.1. The molecule has 0 aliphatic carbocycles. The monoisotopic (exact) mass is 241 g/mol. The Kier molecular flexibility index (Phi) is 3.46. The lowest BCUT2D eigenvalue weighted by atomic mass is 10.1. The predicted octanol–water partition coefficient (Wildman–Crippen LogP) is 0.350. The lowest BCUT2D eigenvalue weighted by molar-refractivity contribution is -0.151. The minimum atomic E-state index is -0.259. The van der Waals surface area contributed by atoms with Crippen LogP contribution in [0.1, 0.15) is 25.6 Å². The third-order valence-electron chi connectivity index (χ3n) is 2.69. The van der Waals surface area contributed by atoms with Crippen LogP contribution in [0, 0.1) is 6.92 Å². The van der Waals surface area contributed by atoms with Crippen molar-refractivity contribution in [2.24, 2.45) is 0 Å². The van der Waals surface area contributed by atoms with Crippen molar-refractivity contribution in [3.05, 3.63) is 11.7 Å². The first-order chi connectivity index (χ1) is 7.98. The molecule has 96 valence electrons. The average Bonchev–Trinajstić information content (AvgIpc) is 2.61. The smallest absolute Gasteiger partial charge is 0.223 e. The normalized spacial score (nSPS) is 25.1. The Morgan fingerprint density at radius 2 is 2.29 bits per heavy atom. The molecule has 1 aromatic rings. The molecule has 6 heteroatoms. The number of ether oxygens (including phenoxy) is 1. The van der Waals surface area contributed by atoms with Crippen LogP contribution >= 0.6 is 0 Å². The van der Waals surface area contributed by atoms with Crippen LogP contribution in [0.4, 0.5) is 0 Å². The second-order valence-electron chi connectivity index (χ2n) is 5.08. The van der Waals surface area contributed by atoms with Gasteiger partial charge in [-0.25, -0.2) is 0 Å². The zero-order valence-electron chi connectivity index (χ0n) is 10.5. The summed E-state index contributed by atoms with van der Waals surface area (Å²) in [5.41, 5.74) is -0.259. The first-order valence-electron chi connectivity index (χ1n) is 5.79. The molecular weight excluding hydrogens is 222 g/mol. The molecule has 6 nitrogen and oxygen atoms in total. The highest BCUT2D eigenvalue weighted by atomic mass is 16.5. The second kappa shape index (κ2) is 4.72. The SMILES string of the molecule is Cc1nc(CN2CC(CO)OC(C)(C)C2)no1. The number of hydrogen-bond donors (Lipinski definition) is 1. The molecule has 1 aliphatic heterocycles. The van der Waals surface area contributed by atoms with E-state index in [1.165, 1.54) is 0 Å². The molecular formula is C11H19N3O3. The van der Waals surface area contributed by atoms with E-state index in [0.29, 0.717) is 24.8 Å². The molecule has 1 unspecified atom stereocenters. The van der Waals surface area contributed by atoms with Crippen LogP contribution in [0.5, 0.6) is 0 Å². The molecule has 17 heavy (non-hydrogen) atoms. The summed E-state index contributed by atoms with van der Waals surface area (Å²) in [7, 11) is 0. The number of hydrogen-bond acceptors (Lipinski definition) is 6. The van der Waals surface area contributed by atoms with Crippen molar-refractivity contribution in [2.75, 3.05) is 19.7 Å². The summed E-state index contributed by atoms with van der Waals surface area (Å²) >= 11 is 0. The number of aliphatic hydroxyl groups excluding tert-OH is 1. The predicted molar refractivity (Wildman–Crippen MR) is 60.3 cm³/mol. The Labute approximate surface area is 101 Å². The minimum Gasteiger partial charge on any atom is -0.394 e. The van der Waals surface area contributed by atoms with Gasteiger partial charge in [-0.2, -0.15) is 4.98 Å². The number of rotatable bonds is 3. The van der Waals surface area contributed by atoms with Gasteiger partial charge in [0.15, 0.2) is 5.82 Å². The Morgan fingerprint density at radius 1 is 1.53 bits per heavy atom. The van der Waals surface area contributed by atoms with E-state index in [1.54, 1.807) is 6.92 Å². The second-order valence-corrected chi connectivity index (χ2v) is 5.08. The molecule has 0 radical (unpaired) electrons. The third-order valence-corrected chi connectivity index (χ3v) is 2.69. The summed E-state index contributed by atoms with van der Waals surface area (Å²) in [5.74, 6) is 1.25. The molecule has 2 heterocycles. The molecule has 0 saturated carbocycles. The summed E-state index contributed by atoms with van der Waals surface area (Å²) in [4.78, 5) is 6.36. The zero-order valence-corrected chi connectivity index (χ0v) is 10.5. The van der Waals surface area contributed by atoms with Crippen LogP contribution in [0.15, 0.2) is 4.52 Å². The van der Waals surface area contributed by atoms with Crippen LogP contribution < -0.4 is 0 Å². The van der Waals surface area contributed by atoms with Gasteiger partial charge < -0.3 is 14.4 Å². The molecule has 1 N–H and O–H groups in total. The fourth-order valence-corrected chi connectivity index (χ4v) is 2.24. The van der Waals surface area contributed by atoms with Crippen LogP contribution in [0.3, 0.4) is 0 Å². The largest absolute Gasteiger partial charge is 0.394 e. The summed E-state index contributed by atoms with van der Waals surface area (Å²) in [6, 6.07) is 0. The van der Waals surface area contributed by atoms with E-state index in [-0.39, 0.29) is 18.3 Å². The topological polar surface area (TPSA) is 71.6 Å². The van der Waals surface area contributed by atoms with Gasteiger partial charge in [-0.1, -0.05) is 5.16 Å². The first kappa shape index (κ1) is 12.5. The van der Waals surface area contributed by atoms with Crippen LogP contribution in [0.25, 0.3) is 0 Å². The molecule has 1 aromatic heterocycles. The quantitative estimate of drug-likeness (QED) is 0.823. The van der Waals surface area contributed by atoms with Gasteiger partial charge in [0, 0.05) is 20.0 Å². The highest BCUT2D eigenvalue weighted by Crippen LogP contribution is 2.21. The number of aryl methyl sites for hydroxylation is 1. The molecule has 1 fully saturated rings. The van der Waals surface area contributed by atoms with Crippen molar-refractivity contribution >= 4 is 0 Å². The molecule has 1 atom stereocenters. The molecule has 1 aliphatic rings. The summed E-state index contributed by atoms with van der Waals surface area (Å²) < 4.78 is 10.7. The minimum absolute atomic E-state index is 0.0329. The first-order valence-corrected chi connectivity index (χ1v) is 5.79. The van der Waals surface area contributed by atoms with Crippen molar-refractivity contribution in [1.29, 1.82) is 0 Å². The summed E-state index contributed by atoms with van der Waals surface area (Å²) in [6.07, 6.45) is -0.147. The van der Waals surface area contributed by atoms with Crippen LogP contribution in [0.2, 0.25) is 0 Å². The van der Waals surface area contributed by atoms with Crippen molar-refractivity contribution in [3.8, 4) is 0 Å². The van der Waals surface area contributed by atoms with E-state index in [9.17, 15) is 5.11 Å². The fraction of sp³-hybridized carbons (Fsp3) is 0.818. The van der Waals surface area contributed by atoms with E-state index >= 15 is 0 Å². The van der Waals surface area contributed by atoms with E-state index in [1.807, 2.05) is 13.8 Å². The number of morpholine rings is 1. The van der Waals surface area contributed by atoms with E-state index in [2.05, 4.69) is 15.0 Å². The van der Waals surface area contributed by atoms with Gasteiger partial charge in [0.25, 0.3) is 0 Å². The number of aromatic nitrogens is 2. The van der Waals surface area contributed by atoms with Crippen molar-refractivity contribution in [3.63, 3.8) is 0 Å². The van der Waals surface area contributed by atoms with Gasteiger partial charge in [0.2, 0.25) is 5.89 Å². The van der Waals surface area contributed by atoms with Crippen molar-refractivity contribution < 1.29 is 14.4 Å². The van der Waals surface area contributed by atoms with Crippen molar-refractivity contribution in [1.82, 2.24) is 15.0 Å². The molecule has 2 rings (SSSR count). The zero-order chi connectivity index (χ0) is 12.5. The van der Waals surface area contributed by atoms with Crippen LogP contribution in [-0.2, 0) is 11.3 Å². The Balaban J connectivity index is 2.00.